The minimum absolute atomic E-state index is 0.614. The monoisotopic (exact) mass is 350 g/mol. The molecule has 21 heavy (non-hydrogen) atoms. The maximum absolute atomic E-state index is 5.44. The zero-order valence-corrected chi connectivity index (χ0v) is 14.0. The highest BCUT2D eigenvalue weighted by Gasteiger charge is 2.12. The Morgan fingerprint density at radius 3 is 2.67 bits per heavy atom. The predicted molar refractivity (Wildman–Crippen MR) is 89.5 cm³/mol. The number of aryl methyl sites for hydroxylation is 1. The van der Waals surface area contributed by atoms with Crippen LogP contribution in [0.4, 0.5) is 17.3 Å². The molecule has 0 spiro atoms. The first kappa shape index (κ1) is 15.6. The fraction of sp³-hybridized carbons (Fsp3) is 0.333. The molecule has 2 rings (SSSR count). The molecule has 1 aromatic heterocycles. The summed E-state index contributed by atoms with van der Waals surface area (Å²) < 4.78 is 6.48. The van der Waals surface area contributed by atoms with E-state index < -0.39 is 0 Å². The molecule has 6 heteroatoms. The van der Waals surface area contributed by atoms with Gasteiger partial charge in [0.25, 0.3) is 0 Å². The third-order valence-electron chi connectivity index (χ3n) is 2.98. The lowest BCUT2D eigenvalue weighted by Gasteiger charge is -2.14. The number of ether oxygens (including phenoxy) is 1. The summed E-state index contributed by atoms with van der Waals surface area (Å²) in [6.45, 7) is 4.98. The average Bonchev–Trinajstić information content (AvgIpc) is 2.49. The molecule has 2 N–H and O–H groups in total. The minimum Gasteiger partial charge on any atom is -0.490 e. The van der Waals surface area contributed by atoms with Gasteiger partial charge >= 0.3 is 0 Å². The molecule has 2 aromatic rings. The van der Waals surface area contributed by atoms with Gasteiger partial charge in [0.15, 0.2) is 11.6 Å². The van der Waals surface area contributed by atoms with Crippen molar-refractivity contribution in [3.63, 3.8) is 0 Å². The Balaban J connectivity index is 2.28. The van der Waals surface area contributed by atoms with Gasteiger partial charge in [0, 0.05) is 16.7 Å². The highest BCUT2D eigenvalue weighted by atomic mass is 79.9. The molecule has 0 amide bonds. The number of halogens is 1. The summed E-state index contributed by atoms with van der Waals surface area (Å²) in [5.41, 5.74) is 2.12. The van der Waals surface area contributed by atoms with Gasteiger partial charge in [-0.15, -0.1) is 0 Å². The number of benzene rings is 1. The van der Waals surface area contributed by atoms with Gasteiger partial charge in [-0.3, -0.25) is 0 Å². The van der Waals surface area contributed by atoms with Gasteiger partial charge in [-0.1, -0.05) is 28.9 Å². The Labute approximate surface area is 133 Å². The molecule has 112 valence electrons. The number of nitrogens with one attached hydrogen (secondary N) is 2. The molecule has 0 radical (unpaired) electrons. The molecule has 0 bridgehead atoms. The van der Waals surface area contributed by atoms with Crippen molar-refractivity contribution in [3.8, 4) is 5.75 Å². The van der Waals surface area contributed by atoms with Gasteiger partial charge in [-0.25, -0.2) is 9.97 Å². The largest absolute Gasteiger partial charge is 0.490 e. The van der Waals surface area contributed by atoms with E-state index in [4.69, 9.17) is 4.74 Å². The van der Waals surface area contributed by atoms with Crippen LogP contribution < -0.4 is 15.4 Å². The Morgan fingerprint density at radius 2 is 2.00 bits per heavy atom. The summed E-state index contributed by atoms with van der Waals surface area (Å²) in [5.74, 6) is 1.95. The third kappa shape index (κ3) is 3.85. The summed E-state index contributed by atoms with van der Waals surface area (Å²) >= 11 is 3.53. The Morgan fingerprint density at radius 1 is 1.24 bits per heavy atom. The van der Waals surface area contributed by atoms with Crippen LogP contribution in [0.1, 0.15) is 18.9 Å². The zero-order chi connectivity index (χ0) is 15.2. The predicted octanol–water partition coefficient (Wildman–Crippen LogP) is 4.12. The van der Waals surface area contributed by atoms with E-state index in [0.717, 1.165) is 23.1 Å². The van der Waals surface area contributed by atoms with E-state index in [1.54, 1.807) is 7.11 Å². The van der Waals surface area contributed by atoms with Gasteiger partial charge in [0.1, 0.15) is 6.33 Å². The maximum atomic E-state index is 5.44. The zero-order valence-electron chi connectivity index (χ0n) is 12.4. The number of hydrogen-bond donors (Lipinski definition) is 2. The minimum atomic E-state index is 0.614. The molecule has 0 aliphatic carbocycles. The van der Waals surface area contributed by atoms with E-state index in [-0.39, 0.29) is 0 Å². The topological polar surface area (TPSA) is 59.1 Å². The molecule has 1 aromatic carbocycles. The molecule has 0 fully saturated rings. The molecule has 0 aliphatic heterocycles. The average molecular weight is 351 g/mol. The van der Waals surface area contributed by atoms with Gasteiger partial charge in [-0.2, -0.15) is 0 Å². The van der Waals surface area contributed by atoms with Gasteiger partial charge in [0.05, 0.1) is 7.11 Å². The maximum Gasteiger partial charge on any atom is 0.204 e. The molecule has 0 saturated carbocycles. The van der Waals surface area contributed by atoms with E-state index in [2.05, 4.69) is 43.5 Å². The van der Waals surface area contributed by atoms with Crippen molar-refractivity contribution in [1.82, 2.24) is 9.97 Å². The van der Waals surface area contributed by atoms with Crippen molar-refractivity contribution >= 4 is 33.3 Å². The Kier molecular flexibility index (Phi) is 5.38. The van der Waals surface area contributed by atoms with Crippen molar-refractivity contribution in [2.24, 2.45) is 0 Å². The van der Waals surface area contributed by atoms with Crippen LogP contribution in [-0.2, 0) is 0 Å². The van der Waals surface area contributed by atoms with Gasteiger partial charge < -0.3 is 15.4 Å². The highest BCUT2D eigenvalue weighted by molar-refractivity contribution is 9.10. The summed E-state index contributed by atoms with van der Waals surface area (Å²) in [6, 6.07) is 6.05. The molecule has 1 heterocycles. The first-order valence-corrected chi connectivity index (χ1v) is 7.61. The molecule has 0 saturated heterocycles. The SMILES string of the molecule is CCCNc1ncnc(Nc2ccc(C)c(Br)c2)c1OC. The summed E-state index contributed by atoms with van der Waals surface area (Å²) in [4.78, 5) is 8.49. The number of anilines is 3. The number of rotatable bonds is 6. The fourth-order valence-corrected chi connectivity index (χ4v) is 2.21. The van der Waals surface area contributed by atoms with Crippen LogP contribution in [0.25, 0.3) is 0 Å². The normalized spacial score (nSPS) is 10.3. The second kappa shape index (κ2) is 7.26. The number of hydrogen-bond acceptors (Lipinski definition) is 5. The second-order valence-corrected chi connectivity index (χ2v) is 5.47. The van der Waals surface area contributed by atoms with E-state index in [1.165, 1.54) is 11.9 Å². The third-order valence-corrected chi connectivity index (χ3v) is 3.84. The molecular weight excluding hydrogens is 332 g/mol. The molecule has 5 nitrogen and oxygen atoms in total. The molecule has 0 atom stereocenters. The second-order valence-electron chi connectivity index (χ2n) is 4.62. The fourth-order valence-electron chi connectivity index (χ4n) is 1.83. The molecule has 0 unspecified atom stereocenters. The first-order chi connectivity index (χ1) is 10.2. The van der Waals surface area contributed by atoms with Crippen molar-refractivity contribution in [1.29, 1.82) is 0 Å². The summed E-state index contributed by atoms with van der Waals surface area (Å²) in [7, 11) is 1.62. The number of nitrogens with zero attached hydrogens (tertiary/aromatic N) is 2. The van der Waals surface area contributed by atoms with Gasteiger partial charge in [-0.05, 0) is 31.0 Å². The standard InChI is InChI=1S/C15H19BrN4O/c1-4-7-17-14-13(21-3)15(19-9-18-14)20-11-6-5-10(2)12(16)8-11/h5-6,8-9H,4,7H2,1-3H3,(H2,17,18,19,20). The van der Waals surface area contributed by atoms with Gasteiger partial charge in [0.2, 0.25) is 5.75 Å². The van der Waals surface area contributed by atoms with Crippen molar-refractivity contribution < 1.29 is 4.74 Å². The molecule has 0 aliphatic rings. The van der Waals surface area contributed by atoms with Crippen LogP contribution in [0.15, 0.2) is 29.0 Å². The van der Waals surface area contributed by atoms with E-state index in [1.807, 2.05) is 25.1 Å². The van der Waals surface area contributed by atoms with E-state index in [9.17, 15) is 0 Å². The summed E-state index contributed by atoms with van der Waals surface area (Å²) in [5, 5.41) is 6.50. The van der Waals surface area contributed by atoms with E-state index >= 15 is 0 Å². The van der Waals surface area contributed by atoms with Crippen LogP contribution in [0.5, 0.6) is 5.75 Å². The van der Waals surface area contributed by atoms with Crippen molar-refractivity contribution in [2.45, 2.75) is 20.3 Å². The first-order valence-electron chi connectivity index (χ1n) is 6.81. The highest BCUT2D eigenvalue weighted by Crippen LogP contribution is 2.32. The quantitative estimate of drug-likeness (QED) is 0.820. The van der Waals surface area contributed by atoms with Crippen LogP contribution in [0, 0.1) is 6.92 Å². The lowest BCUT2D eigenvalue weighted by atomic mass is 10.2. The van der Waals surface area contributed by atoms with Crippen molar-refractivity contribution in [3.05, 3.63) is 34.6 Å². The lowest BCUT2D eigenvalue weighted by molar-refractivity contribution is 0.415. The lowest BCUT2D eigenvalue weighted by Crippen LogP contribution is -2.07. The van der Waals surface area contributed by atoms with Crippen LogP contribution in [0.3, 0.4) is 0 Å². The summed E-state index contributed by atoms with van der Waals surface area (Å²) in [6.07, 6.45) is 2.53. The van der Waals surface area contributed by atoms with Crippen molar-refractivity contribution in [2.75, 3.05) is 24.3 Å². The Hall–Kier alpha value is -1.82. The van der Waals surface area contributed by atoms with Crippen LogP contribution in [-0.4, -0.2) is 23.6 Å². The Bertz CT molecular complexity index is 619. The van der Waals surface area contributed by atoms with E-state index in [0.29, 0.717) is 17.4 Å². The van der Waals surface area contributed by atoms with Crippen LogP contribution >= 0.6 is 15.9 Å². The number of methoxy groups -OCH3 is 1. The van der Waals surface area contributed by atoms with Crippen LogP contribution in [0.2, 0.25) is 0 Å². The molecular formula is C15H19BrN4O. The smallest absolute Gasteiger partial charge is 0.204 e. The number of aromatic nitrogens is 2.